The van der Waals surface area contributed by atoms with Gasteiger partial charge < -0.3 is 9.64 Å². The number of carbonyl (C=O) groups excluding carboxylic acids is 2. The second-order valence-electron chi connectivity index (χ2n) is 5.96. The maximum Gasteiger partial charge on any atom is 0.272 e. The van der Waals surface area contributed by atoms with Gasteiger partial charge in [-0.2, -0.15) is 0 Å². The van der Waals surface area contributed by atoms with Gasteiger partial charge in [-0.3, -0.25) is 9.59 Å². The van der Waals surface area contributed by atoms with E-state index in [1.165, 1.54) is 0 Å². The molecule has 2 rings (SSSR count). The van der Waals surface area contributed by atoms with Crippen LogP contribution in [0.25, 0.3) is 0 Å². The first-order valence-corrected chi connectivity index (χ1v) is 8.42. The zero-order valence-electron chi connectivity index (χ0n) is 14.7. The van der Waals surface area contributed by atoms with Gasteiger partial charge in [0.1, 0.15) is 12.6 Å². The van der Waals surface area contributed by atoms with Crippen LogP contribution in [0, 0.1) is 0 Å². The second-order valence-corrected chi connectivity index (χ2v) is 5.96. The Morgan fingerprint density at radius 2 is 1.92 bits per heavy atom. The van der Waals surface area contributed by atoms with Crippen LogP contribution in [0.2, 0.25) is 0 Å². The lowest BCUT2D eigenvalue weighted by Gasteiger charge is -2.22. The Kier molecular flexibility index (Phi) is 6.28. The zero-order valence-corrected chi connectivity index (χ0v) is 14.7. The minimum absolute atomic E-state index is 0.00259. The summed E-state index contributed by atoms with van der Waals surface area (Å²) in [5, 5.41) is 0. The third-order valence-electron chi connectivity index (χ3n) is 4.45. The van der Waals surface area contributed by atoms with Crippen molar-refractivity contribution >= 4 is 11.6 Å². The number of hydrogen-bond donors (Lipinski definition) is 0. The highest BCUT2D eigenvalue weighted by atomic mass is 19.3. The summed E-state index contributed by atoms with van der Waals surface area (Å²) in [6, 6.07) is 6.60. The minimum atomic E-state index is -2.65. The molecule has 6 heteroatoms. The van der Waals surface area contributed by atoms with Crippen LogP contribution in [0.1, 0.15) is 42.6 Å². The monoisotopic (exact) mass is 351 g/mol. The molecule has 0 saturated carbocycles. The molecule has 0 amide bonds. The van der Waals surface area contributed by atoms with Crippen molar-refractivity contribution in [2.75, 3.05) is 13.7 Å². The van der Waals surface area contributed by atoms with Gasteiger partial charge in [0.15, 0.2) is 11.5 Å². The highest BCUT2D eigenvalue weighted by Crippen LogP contribution is 2.30. The predicted octanol–water partition coefficient (Wildman–Crippen LogP) is 3.61. The Labute approximate surface area is 146 Å². The highest BCUT2D eigenvalue weighted by Gasteiger charge is 2.39. The molecule has 0 N–H and O–H groups in total. The van der Waals surface area contributed by atoms with E-state index in [9.17, 15) is 18.4 Å². The summed E-state index contributed by atoms with van der Waals surface area (Å²) in [7, 11) is 1.69. The number of rotatable bonds is 8. The molecule has 1 atom stereocenters. The molecule has 0 aliphatic carbocycles. The minimum Gasteiger partial charge on any atom is -0.482 e. The fourth-order valence-corrected chi connectivity index (χ4v) is 3.14. The SMILES string of the molecule is CCC1=C(OCC(F)F)C(=O)C(CC(=O)c2ccccc2CC)N1C. The summed E-state index contributed by atoms with van der Waals surface area (Å²) in [6.45, 7) is 2.96. The number of aryl methyl sites for hydroxylation is 1. The normalized spacial score (nSPS) is 17.6. The zero-order chi connectivity index (χ0) is 18.6. The Hall–Kier alpha value is -2.24. The fraction of sp³-hybridized carbons (Fsp3) is 0.474. The molecule has 1 aliphatic rings. The third-order valence-corrected chi connectivity index (χ3v) is 4.45. The summed E-state index contributed by atoms with van der Waals surface area (Å²) in [4.78, 5) is 27.0. The smallest absolute Gasteiger partial charge is 0.272 e. The van der Waals surface area contributed by atoms with Crippen molar-refractivity contribution in [3.63, 3.8) is 0 Å². The number of allylic oxidation sites excluding steroid dienone is 1. The van der Waals surface area contributed by atoms with Crippen molar-refractivity contribution in [2.45, 2.75) is 45.6 Å². The number of nitrogens with zero attached hydrogens (tertiary/aromatic N) is 1. The average molecular weight is 351 g/mol. The van der Waals surface area contributed by atoms with Gasteiger partial charge in [0.05, 0.1) is 5.70 Å². The molecule has 0 fully saturated rings. The van der Waals surface area contributed by atoms with E-state index in [2.05, 4.69) is 0 Å². The third kappa shape index (κ3) is 4.06. The van der Waals surface area contributed by atoms with Gasteiger partial charge in [0.25, 0.3) is 6.43 Å². The quantitative estimate of drug-likeness (QED) is 0.671. The molecule has 0 bridgehead atoms. The van der Waals surface area contributed by atoms with Gasteiger partial charge in [0.2, 0.25) is 5.78 Å². The molecule has 1 unspecified atom stereocenters. The first-order valence-electron chi connectivity index (χ1n) is 8.42. The lowest BCUT2D eigenvalue weighted by atomic mass is 9.96. The van der Waals surface area contributed by atoms with Crippen LogP contribution in [0.3, 0.4) is 0 Å². The number of alkyl halides is 2. The van der Waals surface area contributed by atoms with E-state index in [1.807, 2.05) is 26.0 Å². The number of ether oxygens (including phenoxy) is 1. The van der Waals surface area contributed by atoms with Gasteiger partial charge in [0, 0.05) is 19.0 Å². The number of Topliss-reactive ketones (excluding diaryl/α,β-unsaturated/α-hetero) is 2. The molecule has 4 nitrogen and oxygen atoms in total. The van der Waals surface area contributed by atoms with Crippen LogP contribution in [0.15, 0.2) is 35.7 Å². The number of hydrogen-bond acceptors (Lipinski definition) is 4. The van der Waals surface area contributed by atoms with Crippen molar-refractivity contribution in [3.8, 4) is 0 Å². The maximum atomic E-state index is 12.7. The van der Waals surface area contributed by atoms with E-state index in [4.69, 9.17) is 4.74 Å². The number of likely N-dealkylation sites (N-methyl/N-ethyl adjacent to an activating group) is 1. The fourth-order valence-electron chi connectivity index (χ4n) is 3.14. The summed E-state index contributed by atoms with van der Waals surface area (Å²) in [5.41, 5.74) is 2.09. The number of ketones is 2. The lowest BCUT2D eigenvalue weighted by Crippen LogP contribution is -2.34. The summed E-state index contributed by atoms with van der Waals surface area (Å²) >= 11 is 0. The van der Waals surface area contributed by atoms with Crippen molar-refractivity contribution in [2.24, 2.45) is 0 Å². The number of carbonyl (C=O) groups is 2. The Bertz CT molecular complexity index is 685. The Morgan fingerprint density at radius 3 is 2.52 bits per heavy atom. The lowest BCUT2D eigenvalue weighted by molar-refractivity contribution is -0.121. The van der Waals surface area contributed by atoms with Gasteiger partial charge in [-0.25, -0.2) is 8.78 Å². The van der Waals surface area contributed by atoms with Gasteiger partial charge in [-0.15, -0.1) is 0 Å². The van der Waals surface area contributed by atoms with Crippen molar-refractivity contribution < 1.29 is 23.1 Å². The van der Waals surface area contributed by atoms with Crippen LogP contribution in [-0.4, -0.2) is 42.6 Å². The summed E-state index contributed by atoms with van der Waals surface area (Å²) < 4.78 is 29.9. The molecule has 0 spiro atoms. The van der Waals surface area contributed by atoms with Crippen LogP contribution in [0.5, 0.6) is 0 Å². The highest BCUT2D eigenvalue weighted by molar-refractivity contribution is 6.06. The molecular weight excluding hydrogens is 328 g/mol. The molecule has 0 aromatic heterocycles. The molecule has 1 heterocycles. The molecule has 0 saturated heterocycles. The van der Waals surface area contributed by atoms with Crippen LogP contribution < -0.4 is 0 Å². The summed E-state index contributed by atoms with van der Waals surface area (Å²) in [5.74, 6) is -0.567. The first-order chi connectivity index (χ1) is 11.9. The Morgan fingerprint density at radius 1 is 1.24 bits per heavy atom. The van der Waals surface area contributed by atoms with Gasteiger partial charge >= 0.3 is 0 Å². The van der Waals surface area contributed by atoms with Crippen molar-refractivity contribution in [1.29, 1.82) is 0 Å². The van der Waals surface area contributed by atoms with Gasteiger partial charge in [-0.05, 0) is 18.4 Å². The van der Waals surface area contributed by atoms with E-state index in [1.54, 1.807) is 24.1 Å². The molecule has 1 aromatic carbocycles. The second kappa shape index (κ2) is 8.23. The molecule has 25 heavy (non-hydrogen) atoms. The van der Waals surface area contributed by atoms with Crippen LogP contribution in [-0.2, 0) is 16.0 Å². The molecular formula is C19H23F2NO3. The first kappa shape index (κ1) is 19.1. The van der Waals surface area contributed by atoms with Crippen molar-refractivity contribution in [1.82, 2.24) is 4.90 Å². The van der Waals surface area contributed by atoms with E-state index in [0.717, 1.165) is 12.0 Å². The summed E-state index contributed by atoms with van der Waals surface area (Å²) in [6.07, 6.45) is -1.47. The standard InChI is InChI=1S/C19H23F2NO3/c1-4-12-8-6-7-9-13(12)16(23)10-15-18(24)19(25-11-17(20)21)14(5-2)22(15)3/h6-9,15,17H,4-5,10-11H2,1-3H3. The molecule has 136 valence electrons. The molecule has 1 aliphatic heterocycles. The molecule has 0 radical (unpaired) electrons. The van der Waals surface area contributed by atoms with E-state index in [0.29, 0.717) is 17.7 Å². The maximum absolute atomic E-state index is 12.7. The Balaban J connectivity index is 2.18. The topological polar surface area (TPSA) is 46.6 Å². The molecule has 1 aromatic rings. The average Bonchev–Trinajstić information content (AvgIpc) is 2.83. The van der Waals surface area contributed by atoms with E-state index < -0.39 is 24.9 Å². The number of halogens is 2. The van der Waals surface area contributed by atoms with E-state index >= 15 is 0 Å². The van der Waals surface area contributed by atoms with Crippen molar-refractivity contribution in [3.05, 3.63) is 46.8 Å². The van der Waals surface area contributed by atoms with Crippen LogP contribution >= 0.6 is 0 Å². The number of benzene rings is 1. The predicted molar refractivity (Wildman–Crippen MR) is 90.6 cm³/mol. The van der Waals surface area contributed by atoms with Crippen LogP contribution in [0.4, 0.5) is 8.78 Å². The van der Waals surface area contributed by atoms with E-state index in [-0.39, 0.29) is 18.0 Å². The van der Waals surface area contributed by atoms with Gasteiger partial charge in [-0.1, -0.05) is 38.1 Å². The largest absolute Gasteiger partial charge is 0.482 e.